The van der Waals surface area contributed by atoms with E-state index >= 15 is 0 Å². The molecule has 0 radical (unpaired) electrons. The summed E-state index contributed by atoms with van der Waals surface area (Å²) in [4.78, 5) is 14.2. The van der Waals surface area contributed by atoms with E-state index in [9.17, 15) is 0 Å². The summed E-state index contributed by atoms with van der Waals surface area (Å²) in [6.07, 6.45) is 12.8. The fraction of sp³-hybridized carbons (Fsp3) is 0.0408. The van der Waals surface area contributed by atoms with E-state index in [-0.39, 0.29) is 0 Å². The molecule has 0 saturated carbocycles. The van der Waals surface area contributed by atoms with Crippen LogP contribution in [0.5, 0.6) is 0 Å². The third kappa shape index (κ3) is 5.09. The molecule has 0 bridgehead atoms. The van der Waals surface area contributed by atoms with Crippen molar-refractivity contribution in [1.29, 1.82) is 0 Å². The quantitative estimate of drug-likeness (QED) is 0.178. The molecule has 2 aliphatic carbocycles. The number of pyridine rings is 3. The van der Waals surface area contributed by atoms with Crippen LogP contribution in [0.2, 0.25) is 0 Å². The number of allylic oxidation sites excluding steroid dienone is 4. The van der Waals surface area contributed by atoms with Crippen LogP contribution in [-0.2, 0) is 0 Å². The number of benzene rings is 5. The van der Waals surface area contributed by atoms with Crippen molar-refractivity contribution in [1.82, 2.24) is 15.0 Å². The van der Waals surface area contributed by atoms with Crippen molar-refractivity contribution in [2.45, 2.75) is 12.8 Å². The summed E-state index contributed by atoms with van der Waals surface area (Å²) in [5.74, 6) is 0. The Kier molecular flexibility index (Phi) is 7.28. The maximum absolute atomic E-state index is 4.99. The molecule has 244 valence electrons. The van der Waals surface area contributed by atoms with E-state index in [1.807, 2.05) is 48.8 Å². The molecule has 2 aliphatic rings. The third-order valence-electron chi connectivity index (χ3n) is 10.3. The monoisotopic (exact) mass is 663 g/mol. The average molecular weight is 664 g/mol. The Bertz CT molecular complexity index is 2630. The molecule has 5 aromatic carbocycles. The largest absolute Gasteiger partial charge is 0.255 e. The van der Waals surface area contributed by atoms with Crippen LogP contribution in [0.1, 0.15) is 18.4 Å². The number of hydrogen-bond donors (Lipinski definition) is 0. The van der Waals surface area contributed by atoms with Gasteiger partial charge in [0.2, 0.25) is 0 Å². The molecule has 10 rings (SSSR count). The molecule has 0 amide bonds. The Morgan fingerprint density at radius 1 is 0.404 bits per heavy atom. The van der Waals surface area contributed by atoms with Crippen LogP contribution in [0.15, 0.2) is 176 Å². The lowest BCUT2D eigenvalue weighted by molar-refractivity contribution is 1.04. The van der Waals surface area contributed by atoms with Crippen LogP contribution in [-0.4, -0.2) is 15.0 Å². The molecule has 0 spiro atoms. The molecule has 3 nitrogen and oxygen atoms in total. The highest BCUT2D eigenvalue weighted by molar-refractivity contribution is 6.22. The van der Waals surface area contributed by atoms with Crippen molar-refractivity contribution >= 4 is 16.3 Å². The van der Waals surface area contributed by atoms with Crippen LogP contribution in [0.25, 0.3) is 94.8 Å². The number of aromatic nitrogens is 3. The zero-order chi connectivity index (χ0) is 34.4. The van der Waals surface area contributed by atoms with Gasteiger partial charge in [0.1, 0.15) is 0 Å². The fourth-order valence-electron chi connectivity index (χ4n) is 7.99. The fourth-order valence-corrected chi connectivity index (χ4v) is 7.99. The summed E-state index contributed by atoms with van der Waals surface area (Å²) in [6.45, 7) is 0. The highest BCUT2D eigenvalue weighted by atomic mass is 14.8. The topological polar surface area (TPSA) is 38.7 Å². The van der Waals surface area contributed by atoms with E-state index in [1.165, 1.54) is 66.4 Å². The van der Waals surface area contributed by atoms with Crippen LogP contribution >= 0.6 is 0 Å². The van der Waals surface area contributed by atoms with Crippen molar-refractivity contribution in [2.75, 3.05) is 0 Å². The van der Waals surface area contributed by atoms with E-state index in [0.29, 0.717) is 0 Å². The van der Waals surface area contributed by atoms with Gasteiger partial charge in [0.15, 0.2) is 0 Å². The zero-order valence-electron chi connectivity index (χ0n) is 28.5. The van der Waals surface area contributed by atoms with Gasteiger partial charge in [0.25, 0.3) is 0 Å². The van der Waals surface area contributed by atoms with Crippen LogP contribution < -0.4 is 0 Å². The Morgan fingerprint density at radius 3 is 1.69 bits per heavy atom. The minimum atomic E-state index is 0.819. The van der Waals surface area contributed by atoms with Gasteiger partial charge < -0.3 is 0 Å². The van der Waals surface area contributed by atoms with Gasteiger partial charge >= 0.3 is 0 Å². The first kappa shape index (κ1) is 30.1. The van der Waals surface area contributed by atoms with Gasteiger partial charge in [-0.25, -0.2) is 4.98 Å². The van der Waals surface area contributed by atoms with Crippen molar-refractivity contribution in [3.8, 4) is 78.4 Å². The van der Waals surface area contributed by atoms with Crippen molar-refractivity contribution in [2.24, 2.45) is 0 Å². The SMILES string of the molecule is C1=CC(c2cc(-c3ccc(-c4cc(-c5ccccn5)nc(-c5ccccn5)c4)cc3)c(-c3ccccc3)c3c2-c2cccc4cccc-3c24)=CCC1. The molecule has 8 aromatic rings. The van der Waals surface area contributed by atoms with Crippen molar-refractivity contribution in [3.63, 3.8) is 0 Å². The van der Waals surface area contributed by atoms with Crippen molar-refractivity contribution < 1.29 is 0 Å². The van der Waals surface area contributed by atoms with E-state index in [4.69, 9.17) is 4.98 Å². The minimum Gasteiger partial charge on any atom is -0.255 e. The first-order valence-corrected chi connectivity index (χ1v) is 17.9. The van der Waals surface area contributed by atoms with Crippen LogP contribution in [0, 0.1) is 0 Å². The Morgan fingerprint density at radius 2 is 1.06 bits per heavy atom. The summed E-state index contributed by atoms with van der Waals surface area (Å²) in [7, 11) is 0. The second-order valence-electron chi connectivity index (χ2n) is 13.4. The van der Waals surface area contributed by atoms with Gasteiger partial charge in [-0.15, -0.1) is 0 Å². The molecule has 3 heterocycles. The third-order valence-corrected chi connectivity index (χ3v) is 10.3. The molecule has 3 heteroatoms. The van der Waals surface area contributed by atoms with Gasteiger partial charge in [-0.3, -0.25) is 9.97 Å². The second kappa shape index (κ2) is 12.6. The molecule has 3 aromatic heterocycles. The zero-order valence-corrected chi connectivity index (χ0v) is 28.5. The summed E-state index contributed by atoms with van der Waals surface area (Å²) in [5, 5.41) is 2.62. The molecule has 0 aliphatic heterocycles. The highest BCUT2D eigenvalue weighted by Gasteiger charge is 2.30. The maximum Gasteiger partial charge on any atom is 0.0900 e. The van der Waals surface area contributed by atoms with Crippen LogP contribution in [0.4, 0.5) is 0 Å². The van der Waals surface area contributed by atoms with E-state index < -0.39 is 0 Å². The Labute approximate surface area is 303 Å². The molecule has 0 fully saturated rings. The van der Waals surface area contributed by atoms with Gasteiger partial charge in [0, 0.05) is 12.4 Å². The summed E-state index contributed by atoms with van der Waals surface area (Å²) in [5.41, 5.74) is 18.3. The number of fused-ring (bicyclic) bond motifs is 3. The smallest absolute Gasteiger partial charge is 0.0900 e. The first-order chi connectivity index (χ1) is 25.8. The minimum absolute atomic E-state index is 0.819. The normalized spacial score (nSPS) is 12.9. The van der Waals surface area contributed by atoms with Crippen LogP contribution in [0.3, 0.4) is 0 Å². The number of nitrogens with zero attached hydrogens (tertiary/aromatic N) is 3. The Balaban J connectivity index is 1.19. The molecular formula is C49H33N3. The molecule has 0 unspecified atom stereocenters. The van der Waals surface area contributed by atoms with Gasteiger partial charge in [-0.05, 0) is 133 Å². The van der Waals surface area contributed by atoms with E-state index in [2.05, 4.69) is 137 Å². The summed E-state index contributed by atoms with van der Waals surface area (Å²) < 4.78 is 0. The lowest BCUT2D eigenvalue weighted by Gasteiger charge is -2.22. The van der Waals surface area contributed by atoms with E-state index in [0.717, 1.165) is 46.7 Å². The van der Waals surface area contributed by atoms with Crippen molar-refractivity contribution in [3.05, 3.63) is 182 Å². The van der Waals surface area contributed by atoms with E-state index in [1.54, 1.807) is 0 Å². The summed E-state index contributed by atoms with van der Waals surface area (Å²) in [6, 6.07) is 52.1. The Hall–Kier alpha value is -6.71. The lowest BCUT2D eigenvalue weighted by Crippen LogP contribution is -1.97. The molecular weight excluding hydrogens is 631 g/mol. The van der Waals surface area contributed by atoms with Gasteiger partial charge in [-0.1, -0.05) is 121 Å². The number of rotatable bonds is 6. The molecule has 0 N–H and O–H groups in total. The number of hydrogen-bond acceptors (Lipinski definition) is 3. The first-order valence-electron chi connectivity index (χ1n) is 17.9. The standard InChI is InChI=1S/C49H33N3/c1-3-13-33(14-4-1)41-31-40(47(36-15-5-2-6-16-36)49-39-20-12-18-35-17-11-19-38(46(35)39)48(41)49)34-25-23-32(24-26-34)37-29-44(42-21-7-9-27-50-42)52-45(30-37)43-22-8-10-28-51-43/h2-3,5-31H,1,4H2. The lowest BCUT2D eigenvalue weighted by atomic mass is 9.81. The van der Waals surface area contributed by atoms with Gasteiger partial charge in [-0.2, -0.15) is 0 Å². The summed E-state index contributed by atoms with van der Waals surface area (Å²) >= 11 is 0. The predicted octanol–water partition coefficient (Wildman–Crippen LogP) is 12.7. The maximum atomic E-state index is 4.99. The highest BCUT2D eigenvalue weighted by Crippen LogP contribution is 2.56. The average Bonchev–Trinajstić information content (AvgIpc) is 3.57. The van der Waals surface area contributed by atoms with Gasteiger partial charge in [0.05, 0.1) is 22.8 Å². The molecule has 0 saturated heterocycles. The molecule has 0 atom stereocenters. The molecule has 52 heavy (non-hydrogen) atoms. The second-order valence-corrected chi connectivity index (χ2v) is 13.4. The predicted molar refractivity (Wildman–Crippen MR) is 215 cm³/mol.